The molecule has 0 aliphatic carbocycles. The highest BCUT2D eigenvalue weighted by atomic mass is 16.3. The molecular weight excluding hydrogens is 198 g/mol. The van der Waals surface area contributed by atoms with Crippen molar-refractivity contribution in [3.63, 3.8) is 0 Å². The number of unbranched alkanes of at least 4 members (excludes halogenated alkanes) is 4. The van der Waals surface area contributed by atoms with E-state index in [9.17, 15) is 5.11 Å². The molecule has 0 bridgehead atoms. The molecule has 0 saturated carbocycles. The SMILES string of the molecule is CCCCCC(O)NC(CC)CCCCC. The number of rotatable bonds is 11. The van der Waals surface area contributed by atoms with Crippen LogP contribution in [0.1, 0.15) is 78.6 Å². The van der Waals surface area contributed by atoms with Crippen molar-refractivity contribution in [2.45, 2.75) is 90.8 Å². The first kappa shape index (κ1) is 15.9. The summed E-state index contributed by atoms with van der Waals surface area (Å²) >= 11 is 0. The quantitative estimate of drug-likeness (QED) is 0.417. The third-order valence-corrected chi connectivity index (χ3v) is 3.16. The minimum atomic E-state index is -0.293. The van der Waals surface area contributed by atoms with E-state index in [1.807, 2.05) is 0 Å². The first-order valence-corrected chi connectivity index (χ1v) is 7.18. The van der Waals surface area contributed by atoms with E-state index >= 15 is 0 Å². The first-order valence-electron chi connectivity index (χ1n) is 7.18. The van der Waals surface area contributed by atoms with E-state index in [0.717, 1.165) is 19.3 Å². The van der Waals surface area contributed by atoms with Gasteiger partial charge in [0, 0.05) is 6.04 Å². The first-order chi connectivity index (χ1) is 7.74. The Morgan fingerprint density at radius 1 is 0.875 bits per heavy atom. The number of hydrogen-bond donors (Lipinski definition) is 2. The predicted molar refractivity (Wildman–Crippen MR) is 71.5 cm³/mol. The van der Waals surface area contributed by atoms with Gasteiger partial charge in [-0.3, -0.25) is 5.32 Å². The van der Waals surface area contributed by atoms with Crippen LogP contribution in [0.4, 0.5) is 0 Å². The second kappa shape index (κ2) is 11.4. The average molecular weight is 229 g/mol. The lowest BCUT2D eigenvalue weighted by molar-refractivity contribution is 0.107. The minimum Gasteiger partial charge on any atom is -0.379 e. The lowest BCUT2D eigenvalue weighted by Crippen LogP contribution is -2.37. The molecule has 0 radical (unpaired) electrons. The smallest absolute Gasteiger partial charge is 0.105 e. The van der Waals surface area contributed by atoms with E-state index < -0.39 is 0 Å². The fourth-order valence-corrected chi connectivity index (χ4v) is 1.99. The van der Waals surface area contributed by atoms with Gasteiger partial charge in [-0.1, -0.05) is 52.9 Å². The molecule has 2 nitrogen and oxygen atoms in total. The molecule has 2 atom stereocenters. The summed E-state index contributed by atoms with van der Waals surface area (Å²) in [5.74, 6) is 0. The van der Waals surface area contributed by atoms with Crippen molar-refractivity contribution in [2.24, 2.45) is 0 Å². The van der Waals surface area contributed by atoms with Gasteiger partial charge in [0.05, 0.1) is 0 Å². The maximum atomic E-state index is 9.82. The van der Waals surface area contributed by atoms with E-state index in [2.05, 4.69) is 26.1 Å². The number of aliphatic hydroxyl groups excluding tert-OH is 1. The normalized spacial score (nSPS) is 15.0. The van der Waals surface area contributed by atoms with E-state index in [1.54, 1.807) is 0 Å². The molecule has 98 valence electrons. The van der Waals surface area contributed by atoms with Crippen LogP contribution < -0.4 is 5.32 Å². The number of nitrogens with one attached hydrogen (secondary N) is 1. The fourth-order valence-electron chi connectivity index (χ4n) is 1.99. The van der Waals surface area contributed by atoms with Crippen LogP contribution in [-0.2, 0) is 0 Å². The van der Waals surface area contributed by atoms with Crippen molar-refractivity contribution >= 4 is 0 Å². The third-order valence-electron chi connectivity index (χ3n) is 3.16. The van der Waals surface area contributed by atoms with Gasteiger partial charge in [-0.05, 0) is 25.7 Å². The van der Waals surface area contributed by atoms with Gasteiger partial charge < -0.3 is 5.11 Å². The third kappa shape index (κ3) is 9.17. The Balaban J connectivity index is 3.57. The molecule has 16 heavy (non-hydrogen) atoms. The summed E-state index contributed by atoms with van der Waals surface area (Å²) in [6.07, 6.45) is 10.4. The van der Waals surface area contributed by atoms with Crippen molar-refractivity contribution in [1.82, 2.24) is 5.32 Å². The number of hydrogen-bond acceptors (Lipinski definition) is 2. The molecule has 0 amide bonds. The minimum absolute atomic E-state index is 0.293. The highest BCUT2D eigenvalue weighted by Gasteiger charge is 2.10. The van der Waals surface area contributed by atoms with Crippen molar-refractivity contribution < 1.29 is 5.11 Å². The van der Waals surface area contributed by atoms with Crippen LogP contribution in [-0.4, -0.2) is 17.4 Å². The summed E-state index contributed by atoms with van der Waals surface area (Å²) in [7, 11) is 0. The van der Waals surface area contributed by atoms with Crippen LogP contribution in [0.5, 0.6) is 0 Å². The molecule has 2 unspecified atom stereocenters. The lowest BCUT2D eigenvalue weighted by Gasteiger charge is -2.21. The molecule has 0 aliphatic heterocycles. The molecule has 0 aromatic carbocycles. The largest absolute Gasteiger partial charge is 0.379 e. The van der Waals surface area contributed by atoms with Crippen molar-refractivity contribution in [3.05, 3.63) is 0 Å². The maximum Gasteiger partial charge on any atom is 0.105 e. The van der Waals surface area contributed by atoms with Gasteiger partial charge in [0.1, 0.15) is 6.23 Å². The lowest BCUT2D eigenvalue weighted by atomic mass is 10.1. The highest BCUT2D eigenvalue weighted by molar-refractivity contribution is 4.67. The van der Waals surface area contributed by atoms with Crippen LogP contribution >= 0.6 is 0 Å². The Labute approximate surface area is 102 Å². The van der Waals surface area contributed by atoms with Gasteiger partial charge in [-0.2, -0.15) is 0 Å². The summed E-state index contributed by atoms with van der Waals surface area (Å²) in [6.45, 7) is 6.62. The Bertz CT molecular complexity index is 139. The van der Waals surface area contributed by atoms with Gasteiger partial charge >= 0.3 is 0 Å². The second-order valence-electron chi connectivity index (χ2n) is 4.78. The zero-order chi connectivity index (χ0) is 12.2. The Morgan fingerprint density at radius 2 is 1.44 bits per heavy atom. The van der Waals surface area contributed by atoms with E-state index in [-0.39, 0.29) is 6.23 Å². The van der Waals surface area contributed by atoms with Gasteiger partial charge in [0.25, 0.3) is 0 Å². The Kier molecular flexibility index (Phi) is 11.3. The van der Waals surface area contributed by atoms with Crippen molar-refractivity contribution in [1.29, 1.82) is 0 Å². The molecule has 2 N–H and O–H groups in total. The van der Waals surface area contributed by atoms with E-state index in [0.29, 0.717) is 6.04 Å². The summed E-state index contributed by atoms with van der Waals surface area (Å²) in [4.78, 5) is 0. The molecule has 0 rings (SSSR count). The van der Waals surface area contributed by atoms with Crippen LogP contribution in [0, 0.1) is 0 Å². The van der Waals surface area contributed by atoms with Crippen molar-refractivity contribution in [2.75, 3.05) is 0 Å². The highest BCUT2D eigenvalue weighted by Crippen LogP contribution is 2.09. The molecule has 2 heteroatoms. The monoisotopic (exact) mass is 229 g/mol. The summed E-state index contributed by atoms with van der Waals surface area (Å²) in [5, 5.41) is 13.2. The molecule has 0 saturated heterocycles. The molecular formula is C14H31NO. The van der Waals surface area contributed by atoms with Gasteiger partial charge in [-0.25, -0.2) is 0 Å². The Morgan fingerprint density at radius 3 is 1.94 bits per heavy atom. The predicted octanol–water partition coefficient (Wildman–Crippen LogP) is 3.83. The van der Waals surface area contributed by atoms with Crippen LogP contribution in [0.2, 0.25) is 0 Å². The summed E-state index contributed by atoms with van der Waals surface area (Å²) in [6, 6.07) is 0.503. The number of aliphatic hydroxyl groups is 1. The van der Waals surface area contributed by atoms with Gasteiger partial charge in [0.15, 0.2) is 0 Å². The fraction of sp³-hybridized carbons (Fsp3) is 1.00. The second-order valence-corrected chi connectivity index (χ2v) is 4.78. The summed E-state index contributed by atoms with van der Waals surface area (Å²) in [5.41, 5.74) is 0. The topological polar surface area (TPSA) is 32.3 Å². The molecule has 0 spiro atoms. The molecule has 0 aliphatic rings. The van der Waals surface area contributed by atoms with Crippen LogP contribution in [0.25, 0.3) is 0 Å². The molecule has 0 fully saturated rings. The van der Waals surface area contributed by atoms with E-state index in [4.69, 9.17) is 0 Å². The zero-order valence-electron chi connectivity index (χ0n) is 11.5. The van der Waals surface area contributed by atoms with Crippen molar-refractivity contribution in [3.8, 4) is 0 Å². The van der Waals surface area contributed by atoms with Gasteiger partial charge in [0.2, 0.25) is 0 Å². The Hall–Kier alpha value is -0.0800. The standard InChI is InChI=1S/C14H31NO/c1-4-7-9-11-13(6-3)15-14(16)12-10-8-5-2/h13-16H,4-12H2,1-3H3. The maximum absolute atomic E-state index is 9.82. The average Bonchev–Trinajstić information content (AvgIpc) is 2.28. The van der Waals surface area contributed by atoms with Crippen LogP contribution in [0.15, 0.2) is 0 Å². The molecule has 0 aromatic heterocycles. The molecule has 0 heterocycles. The van der Waals surface area contributed by atoms with Crippen LogP contribution in [0.3, 0.4) is 0 Å². The zero-order valence-corrected chi connectivity index (χ0v) is 11.5. The molecule has 0 aromatic rings. The van der Waals surface area contributed by atoms with E-state index in [1.165, 1.54) is 38.5 Å². The van der Waals surface area contributed by atoms with Gasteiger partial charge in [-0.15, -0.1) is 0 Å². The summed E-state index contributed by atoms with van der Waals surface area (Å²) < 4.78 is 0.